The standard InChI is InChI=1S/C18H13F3N6O.CH4O/c1-2-27-9-23-16-12(17(27)28)5-13(26-15(16)11-7-24-25-8-11)10-3-4-14(22-6-10)18(19,20)21;1-2/h3-9H,2H2,1H3,(H,24,25);2H,1H3. The van der Waals surface area contributed by atoms with Gasteiger partial charge >= 0.3 is 6.18 Å². The molecule has 156 valence electrons. The van der Waals surface area contributed by atoms with E-state index in [0.29, 0.717) is 40.0 Å². The predicted molar refractivity (Wildman–Crippen MR) is 103 cm³/mol. The molecular weight excluding hydrogens is 401 g/mol. The van der Waals surface area contributed by atoms with Crippen LogP contribution in [0.25, 0.3) is 33.4 Å². The largest absolute Gasteiger partial charge is 0.433 e. The molecule has 0 spiro atoms. The number of hydrogen-bond donors (Lipinski definition) is 2. The van der Waals surface area contributed by atoms with Crippen LogP contribution in [-0.4, -0.2) is 41.9 Å². The van der Waals surface area contributed by atoms with Gasteiger partial charge in [0.1, 0.15) is 16.9 Å². The Morgan fingerprint density at radius 1 is 1.13 bits per heavy atom. The monoisotopic (exact) mass is 418 g/mol. The van der Waals surface area contributed by atoms with Crippen molar-refractivity contribution in [3.05, 3.63) is 59.2 Å². The Balaban J connectivity index is 0.00000124. The van der Waals surface area contributed by atoms with Gasteiger partial charge < -0.3 is 5.11 Å². The third-order valence-electron chi connectivity index (χ3n) is 4.27. The highest BCUT2D eigenvalue weighted by Gasteiger charge is 2.32. The van der Waals surface area contributed by atoms with Gasteiger partial charge in [0.05, 0.1) is 23.6 Å². The van der Waals surface area contributed by atoms with Crippen molar-refractivity contribution in [3.63, 3.8) is 0 Å². The molecule has 0 amide bonds. The maximum Gasteiger partial charge on any atom is 0.433 e. The molecule has 0 unspecified atom stereocenters. The molecule has 30 heavy (non-hydrogen) atoms. The van der Waals surface area contributed by atoms with Crippen molar-refractivity contribution < 1.29 is 18.3 Å². The molecule has 0 radical (unpaired) electrons. The number of pyridine rings is 2. The second-order valence-corrected chi connectivity index (χ2v) is 6.00. The first-order chi connectivity index (χ1) is 14.4. The molecule has 2 N–H and O–H groups in total. The molecule has 4 aromatic rings. The van der Waals surface area contributed by atoms with Gasteiger partial charge in [-0.15, -0.1) is 0 Å². The van der Waals surface area contributed by atoms with E-state index in [9.17, 15) is 18.0 Å². The molecule has 0 atom stereocenters. The molecule has 4 aromatic heterocycles. The smallest absolute Gasteiger partial charge is 0.400 e. The Bertz CT molecular complexity index is 1200. The lowest BCUT2D eigenvalue weighted by atomic mass is 10.1. The first kappa shape index (κ1) is 21.1. The Morgan fingerprint density at radius 2 is 1.90 bits per heavy atom. The zero-order chi connectivity index (χ0) is 21.9. The van der Waals surface area contributed by atoms with E-state index < -0.39 is 11.9 Å². The Kier molecular flexibility index (Phi) is 5.92. The second-order valence-electron chi connectivity index (χ2n) is 6.00. The molecule has 4 heterocycles. The van der Waals surface area contributed by atoms with Crippen LogP contribution in [0.2, 0.25) is 0 Å². The molecular formula is C19H17F3N6O2. The van der Waals surface area contributed by atoms with Gasteiger partial charge in [-0.1, -0.05) is 0 Å². The van der Waals surface area contributed by atoms with E-state index in [1.165, 1.54) is 29.2 Å². The number of aryl methyl sites for hydroxylation is 1. The van der Waals surface area contributed by atoms with Crippen LogP contribution in [0, 0.1) is 0 Å². The Labute approximate surface area is 168 Å². The molecule has 4 rings (SSSR count). The number of nitrogens with one attached hydrogen (secondary N) is 1. The summed E-state index contributed by atoms with van der Waals surface area (Å²) in [6, 6.07) is 3.68. The van der Waals surface area contributed by atoms with Crippen LogP contribution in [0.3, 0.4) is 0 Å². The van der Waals surface area contributed by atoms with E-state index in [1.807, 2.05) is 6.92 Å². The summed E-state index contributed by atoms with van der Waals surface area (Å²) in [6.07, 6.45) is 1.13. The van der Waals surface area contributed by atoms with E-state index in [0.717, 1.165) is 19.4 Å². The van der Waals surface area contributed by atoms with E-state index in [2.05, 4.69) is 25.1 Å². The van der Waals surface area contributed by atoms with Crippen LogP contribution in [0.15, 0.2) is 47.9 Å². The molecule has 0 saturated heterocycles. The van der Waals surface area contributed by atoms with Crippen molar-refractivity contribution in [1.82, 2.24) is 29.7 Å². The van der Waals surface area contributed by atoms with Crippen molar-refractivity contribution in [3.8, 4) is 22.5 Å². The molecule has 0 bridgehead atoms. The van der Waals surface area contributed by atoms with Crippen LogP contribution in [-0.2, 0) is 12.7 Å². The summed E-state index contributed by atoms with van der Waals surface area (Å²) in [5, 5.41) is 13.9. The first-order valence-corrected chi connectivity index (χ1v) is 8.76. The zero-order valence-electron chi connectivity index (χ0n) is 16.0. The van der Waals surface area contributed by atoms with Crippen molar-refractivity contribution in [1.29, 1.82) is 0 Å². The number of rotatable bonds is 3. The quantitative estimate of drug-likeness (QED) is 0.530. The number of aromatic nitrogens is 6. The number of aliphatic hydroxyl groups excluding tert-OH is 1. The molecule has 8 nitrogen and oxygen atoms in total. The summed E-state index contributed by atoms with van der Waals surface area (Å²) >= 11 is 0. The predicted octanol–water partition coefficient (Wildman–Crippen LogP) is 2.89. The molecule has 0 aliphatic rings. The lowest BCUT2D eigenvalue weighted by Gasteiger charge is -2.10. The lowest BCUT2D eigenvalue weighted by Crippen LogP contribution is -2.20. The Morgan fingerprint density at radius 3 is 2.47 bits per heavy atom. The SMILES string of the molecule is CCn1cnc2c(-c3cn[nH]c3)nc(-c3ccc(C(F)(F)F)nc3)cc2c1=O.CO. The van der Waals surface area contributed by atoms with Crippen molar-refractivity contribution in [2.45, 2.75) is 19.6 Å². The van der Waals surface area contributed by atoms with Gasteiger partial charge in [0.2, 0.25) is 0 Å². The lowest BCUT2D eigenvalue weighted by molar-refractivity contribution is -0.141. The van der Waals surface area contributed by atoms with E-state index in [4.69, 9.17) is 5.11 Å². The maximum absolute atomic E-state index is 12.8. The number of aromatic amines is 1. The summed E-state index contributed by atoms with van der Waals surface area (Å²) in [5.41, 5.74) is 0.806. The average molecular weight is 418 g/mol. The van der Waals surface area contributed by atoms with Gasteiger partial charge in [-0.25, -0.2) is 9.97 Å². The number of hydrogen-bond acceptors (Lipinski definition) is 6. The topological polar surface area (TPSA) is 110 Å². The zero-order valence-corrected chi connectivity index (χ0v) is 16.0. The molecule has 0 aromatic carbocycles. The van der Waals surface area contributed by atoms with Crippen LogP contribution < -0.4 is 5.56 Å². The fourth-order valence-electron chi connectivity index (χ4n) is 2.83. The molecule has 11 heteroatoms. The van der Waals surface area contributed by atoms with Gasteiger partial charge in [0.25, 0.3) is 5.56 Å². The van der Waals surface area contributed by atoms with Crippen molar-refractivity contribution in [2.75, 3.05) is 7.11 Å². The summed E-state index contributed by atoms with van der Waals surface area (Å²) in [4.78, 5) is 25.1. The average Bonchev–Trinajstić information content (AvgIpc) is 3.29. The van der Waals surface area contributed by atoms with Crippen LogP contribution in [0.4, 0.5) is 13.2 Å². The number of alkyl halides is 3. The van der Waals surface area contributed by atoms with E-state index in [-0.39, 0.29) is 5.56 Å². The maximum atomic E-state index is 12.8. The Hall–Kier alpha value is -3.60. The summed E-state index contributed by atoms with van der Waals surface area (Å²) in [5.74, 6) is 0. The minimum Gasteiger partial charge on any atom is -0.400 e. The van der Waals surface area contributed by atoms with Crippen LogP contribution >= 0.6 is 0 Å². The third kappa shape index (κ3) is 3.92. The normalized spacial score (nSPS) is 11.3. The van der Waals surface area contributed by atoms with Crippen molar-refractivity contribution >= 4 is 10.9 Å². The fraction of sp³-hybridized carbons (Fsp3) is 0.211. The highest BCUT2D eigenvalue weighted by atomic mass is 19.4. The number of aliphatic hydroxyl groups is 1. The van der Waals surface area contributed by atoms with Gasteiger partial charge in [-0.2, -0.15) is 18.3 Å². The minimum atomic E-state index is -4.53. The first-order valence-electron chi connectivity index (χ1n) is 8.76. The molecule has 0 aliphatic heterocycles. The molecule has 0 saturated carbocycles. The van der Waals surface area contributed by atoms with Crippen LogP contribution in [0.1, 0.15) is 12.6 Å². The van der Waals surface area contributed by atoms with Crippen molar-refractivity contribution in [2.24, 2.45) is 0 Å². The molecule has 0 fully saturated rings. The van der Waals surface area contributed by atoms with Gasteiger partial charge in [0, 0.05) is 37.2 Å². The number of H-pyrrole nitrogens is 1. The van der Waals surface area contributed by atoms with Gasteiger partial charge in [-0.05, 0) is 25.1 Å². The summed E-state index contributed by atoms with van der Waals surface area (Å²) < 4.78 is 39.8. The highest BCUT2D eigenvalue weighted by Crippen LogP contribution is 2.31. The number of fused-ring (bicyclic) bond motifs is 1. The van der Waals surface area contributed by atoms with Gasteiger partial charge in [0.15, 0.2) is 0 Å². The third-order valence-corrected chi connectivity index (χ3v) is 4.27. The fourth-order valence-corrected chi connectivity index (χ4v) is 2.83. The number of halogens is 3. The summed E-state index contributed by atoms with van der Waals surface area (Å²) in [6.45, 7) is 2.25. The van der Waals surface area contributed by atoms with E-state index in [1.54, 1.807) is 6.20 Å². The van der Waals surface area contributed by atoms with E-state index >= 15 is 0 Å². The highest BCUT2D eigenvalue weighted by molar-refractivity contribution is 5.93. The molecule has 0 aliphatic carbocycles. The van der Waals surface area contributed by atoms with Gasteiger partial charge in [-0.3, -0.25) is 19.4 Å². The summed E-state index contributed by atoms with van der Waals surface area (Å²) in [7, 11) is 1.00. The van der Waals surface area contributed by atoms with Crippen LogP contribution in [0.5, 0.6) is 0 Å². The second kappa shape index (κ2) is 8.41. The number of nitrogens with zero attached hydrogens (tertiary/aromatic N) is 5. The minimum absolute atomic E-state index is 0.263.